The highest BCUT2D eigenvalue weighted by molar-refractivity contribution is 5.91. The zero-order chi connectivity index (χ0) is 13.4. The molecule has 0 saturated carbocycles. The number of amides is 1. The number of benzene rings is 1. The van der Waals surface area contributed by atoms with E-state index in [0.29, 0.717) is 19.4 Å². The molecule has 0 radical (unpaired) electrons. The highest BCUT2D eigenvalue weighted by Crippen LogP contribution is 2.16. The lowest BCUT2D eigenvalue weighted by atomic mass is 10.1. The number of rotatable bonds is 7. The van der Waals surface area contributed by atoms with Gasteiger partial charge >= 0.3 is 0 Å². The van der Waals surface area contributed by atoms with Crippen molar-refractivity contribution in [3.63, 3.8) is 0 Å². The first kappa shape index (κ1) is 14.7. The average molecular weight is 251 g/mol. The Kier molecular flexibility index (Phi) is 6.39. The summed E-state index contributed by atoms with van der Waals surface area (Å²) >= 11 is 0. The van der Waals surface area contributed by atoms with Crippen molar-refractivity contribution < 1.29 is 14.6 Å². The Bertz CT molecular complexity index is 377. The van der Waals surface area contributed by atoms with E-state index in [1.807, 2.05) is 24.3 Å². The van der Waals surface area contributed by atoms with E-state index in [2.05, 4.69) is 5.32 Å². The summed E-state index contributed by atoms with van der Waals surface area (Å²) in [7, 11) is 1.66. The molecule has 0 aromatic heterocycles. The minimum atomic E-state index is -0.445. The second kappa shape index (κ2) is 7.84. The molecule has 0 aliphatic heterocycles. The third-order valence-corrected chi connectivity index (χ3v) is 2.66. The Labute approximate surface area is 108 Å². The molecule has 0 saturated heterocycles. The summed E-state index contributed by atoms with van der Waals surface area (Å²) in [4.78, 5) is 11.7. The summed E-state index contributed by atoms with van der Waals surface area (Å²) in [5.74, 6) is -0.0687. The number of carbonyl (C=O) groups excluding carboxylic acids is 1. The number of aliphatic hydroxyl groups is 1. The molecule has 0 fully saturated rings. The number of hydrogen-bond acceptors (Lipinski definition) is 3. The molecular weight excluding hydrogens is 230 g/mol. The number of para-hydroxylation sites is 1. The predicted molar refractivity (Wildman–Crippen MR) is 71.6 cm³/mol. The highest BCUT2D eigenvalue weighted by Gasteiger charge is 2.07. The van der Waals surface area contributed by atoms with E-state index >= 15 is 0 Å². The van der Waals surface area contributed by atoms with E-state index in [1.165, 1.54) is 0 Å². The Morgan fingerprint density at radius 3 is 2.83 bits per heavy atom. The first-order chi connectivity index (χ1) is 8.63. The lowest BCUT2D eigenvalue weighted by Crippen LogP contribution is -2.15. The van der Waals surface area contributed by atoms with Gasteiger partial charge in [-0.25, -0.2) is 0 Å². The quantitative estimate of drug-likeness (QED) is 0.779. The molecule has 1 rings (SSSR count). The van der Waals surface area contributed by atoms with Crippen LogP contribution >= 0.6 is 0 Å². The van der Waals surface area contributed by atoms with Crippen LogP contribution in [0.3, 0.4) is 0 Å². The summed E-state index contributed by atoms with van der Waals surface area (Å²) in [6, 6.07) is 7.69. The molecule has 2 N–H and O–H groups in total. The van der Waals surface area contributed by atoms with Crippen molar-refractivity contribution in [2.45, 2.75) is 32.3 Å². The fourth-order valence-corrected chi connectivity index (χ4v) is 1.62. The first-order valence-electron chi connectivity index (χ1n) is 6.18. The van der Waals surface area contributed by atoms with Crippen LogP contribution in [0.5, 0.6) is 0 Å². The van der Waals surface area contributed by atoms with Gasteiger partial charge in [0, 0.05) is 19.2 Å². The Morgan fingerprint density at radius 1 is 1.44 bits per heavy atom. The van der Waals surface area contributed by atoms with Gasteiger partial charge in [-0.2, -0.15) is 0 Å². The molecule has 100 valence electrons. The van der Waals surface area contributed by atoms with Gasteiger partial charge in [0.15, 0.2) is 0 Å². The molecule has 1 amide bonds. The molecule has 1 aromatic carbocycles. The first-order valence-corrected chi connectivity index (χ1v) is 6.18. The number of aliphatic hydroxyl groups excluding tert-OH is 1. The van der Waals surface area contributed by atoms with E-state index in [4.69, 9.17) is 9.84 Å². The second-order valence-electron chi connectivity index (χ2n) is 4.34. The molecule has 0 aliphatic rings. The maximum atomic E-state index is 11.7. The number of ether oxygens (including phenoxy) is 1. The van der Waals surface area contributed by atoms with E-state index < -0.39 is 6.10 Å². The van der Waals surface area contributed by atoms with Crippen LogP contribution in [0.15, 0.2) is 24.3 Å². The largest absolute Gasteiger partial charge is 0.393 e. The Balaban J connectivity index is 2.57. The highest BCUT2D eigenvalue weighted by atomic mass is 16.5. The van der Waals surface area contributed by atoms with Gasteiger partial charge in [-0.1, -0.05) is 18.2 Å². The van der Waals surface area contributed by atoms with Crippen molar-refractivity contribution in [2.24, 2.45) is 0 Å². The lowest BCUT2D eigenvalue weighted by Gasteiger charge is -2.11. The maximum Gasteiger partial charge on any atom is 0.224 e. The topological polar surface area (TPSA) is 58.6 Å². The van der Waals surface area contributed by atoms with Crippen molar-refractivity contribution >= 4 is 11.6 Å². The van der Waals surface area contributed by atoms with Crippen molar-refractivity contribution in [3.05, 3.63) is 29.8 Å². The normalized spacial score (nSPS) is 12.2. The van der Waals surface area contributed by atoms with Crippen LogP contribution in [0.2, 0.25) is 0 Å². The van der Waals surface area contributed by atoms with E-state index in [9.17, 15) is 4.79 Å². The van der Waals surface area contributed by atoms with Gasteiger partial charge in [-0.15, -0.1) is 0 Å². The number of hydrogen-bond donors (Lipinski definition) is 2. The van der Waals surface area contributed by atoms with Crippen LogP contribution in [0, 0.1) is 0 Å². The van der Waals surface area contributed by atoms with Gasteiger partial charge in [-0.3, -0.25) is 4.79 Å². The zero-order valence-corrected chi connectivity index (χ0v) is 11.0. The molecule has 18 heavy (non-hydrogen) atoms. The van der Waals surface area contributed by atoms with Crippen LogP contribution in [-0.4, -0.2) is 30.8 Å². The van der Waals surface area contributed by atoms with Crippen LogP contribution in [0.1, 0.15) is 25.3 Å². The predicted octanol–water partition coefficient (Wildman–Crippen LogP) is 1.98. The minimum absolute atomic E-state index is 0.0687. The van der Waals surface area contributed by atoms with Gasteiger partial charge in [0.05, 0.1) is 12.7 Å². The summed E-state index contributed by atoms with van der Waals surface area (Å²) in [5.41, 5.74) is 1.88. The van der Waals surface area contributed by atoms with E-state index in [-0.39, 0.29) is 5.91 Å². The third-order valence-electron chi connectivity index (χ3n) is 2.66. The van der Waals surface area contributed by atoms with Gasteiger partial charge in [0.2, 0.25) is 5.91 Å². The van der Waals surface area contributed by atoms with Gasteiger partial charge in [0.1, 0.15) is 0 Å². The molecule has 0 spiro atoms. The molecule has 1 aromatic rings. The molecule has 0 heterocycles. The molecule has 0 bridgehead atoms. The monoisotopic (exact) mass is 251 g/mol. The minimum Gasteiger partial charge on any atom is -0.393 e. The molecule has 1 atom stereocenters. The molecule has 4 heteroatoms. The fourth-order valence-electron chi connectivity index (χ4n) is 1.62. The number of carbonyl (C=O) groups is 1. The number of anilines is 1. The van der Waals surface area contributed by atoms with Crippen LogP contribution in [0.4, 0.5) is 5.69 Å². The summed E-state index contributed by atoms with van der Waals surface area (Å²) < 4.78 is 5.04. The molecule has 1 unspecified atom stereocenters. The van der Waals surface area contributed by atoms with Crippen LogP contribution < -0.4 is 5.32 Å². The van der Waals surface area contributed by atoms with Crippen LogP contribution in [0.25, 0.3) is 0 Å². The van der Waals surface area contributed by atoms with E-state index in [0.717, 1.165) is 17.7 Å². The van der Waals surface area contributed by atoms with Gasteiger partial charge in [-0.05, 0) is 31.4 Å². The average Bonchev–Trinajstić information content (AvgIpc) is 2.35. The fraction of sp³-hybridized carbons (Fsp3) is 0.500. The van der Waals surface area contributed by atoms with Crippen molar-refractivity contribution in [1.82, 2.24) is 0 Å². The summed E-state index contributed by atoms with van der Waals surface area (Å²) in [6.45, 7) is 2.31. The van der Waals surface area contributed by atoms with Crippen LogP contribution in [-0.2, 0) is 16.0 Å². The Morgan fingerprint density at radius 2 is 2.17 bits per heavy atom. The molecular formula is C14H21NO3. The smallest absolute Gasteiger partial charge is 0.224 e. The lowest BCUT2D eigenvalue weighted by molar-refractivity contribution is -0.116. The third kappa shape index (κ3) is 5.29. The van der Waals surface area contributed by atoms with E-state index in [1.54, 1.807) is 14.0 Å². The van der Waals surface area contributed by atoms with Crippen molar-refractivity contribution in [2.75, 3.05) is 19.0 Å². The summed E-state index contributed by atoms with van der Waals surface area (Å²) in [6.07, 6.45) is 1.13. The van der Waals surface area contributed by atoms with Crippen molar-refractivity contribution in [1.29, 1.82) is 0 Å². The molecule has 0 aliphatic carbocycles. The zero-order valence-electron chi connectivity index (χ0n) is 11.0. The summed E-state index contributed by atoms with van der Waals surface area (Å²) in [5, 5.41) is 12.0. The standard InChI is InChI=1S/C14H21NO3/c1-11(16)7-8-14(17)15-13-6-4-3-5-12(13)9-10-18-2/h3-6,11,16H,7-10H2,1-2H3,(H,15,17). The maximum absolute atomic E-state index is 11.7. The number of methoxy groups -OCH3 is 1. The van der Waals surface area contributed by atoms with Crippen molar-refractivity contribution in [3.8, 4) is 0 Å². The van der Waals surface area contributed by atoms with Gasteiger partial charge in [0.25, 0.3) is 0 Å². The van der Waals surface area contributed by atoms with Gasteiger partial charge < -0.3 is 15.2 Å². The molecule has 4 nitrogen and oxygen atoms in total. The SMILES string of the molecule is COCCc1ccccc1NC(=O)CCC(C)O. The second-order valence-corrected chi connectivity index (χ2v) is 4.34. The Hall–Kier alpha value is -1.39. The number of nitrogens with one attached hydrogen (secondary N) is 1.